The Morgan fingerprint density at radius 3 is 2.09 bits per heavy atom. The first-order valence-electron chi connectivity index (χ1n) is 9.79. The summed E-state index contributed by atoms with van der Waals surface area (Å²) < 4.78 is 30.8. The molecule has 32 heavy (non-hydrogen) atoms. The lowest BCUT2D eigenvalue weighted by atomic mass is 10.1. The van der Waals surface area contributed by atoms with Gasteiger partial charge in [-0.3, -0.25) is 18.7 Å². The number of nitrogens with zero attached hydrogens (tertiary/aromatic N) is 2. The number of rotatable bonds is 7. The van der Waals surface area contributed by atoms with Crippen molar-refractivity contribution >= 4 is 39.1 Å². The average Bonchev–Trinajstić information content (AvgIpc) is 2.77. The van der Waals surface area contributed by atoms with Crippen molar-refractivity contribution in [3.05, 3.63) is 59.7 Å². The first-order valence-corrected chi connectivity index (χ1v) is 11.6. The van der Waals surface area contributed by atoms with Crippen LogP contribution in [0.25, 0.3) is 0 Å². The van der Waals surface area contributed by atoms with Gasteiger partial charge in [0.1, 0.15) is 6.54 Å². The molecule has 0 spiro atoms. The molecule has 1 aliphatic heterocycles. The highest BCUT2D eigenvalue weighted by molar-refractivity contribution is 7.92. The number of anilines is 2. The fourth-order valence-electron chi connectivity index (χ4n) is 3.17. The Kier molecular flexibility index (Phi) is 7.11. The highest BCUT2D eigenvalue weighted by Crippen LogP contribution is 2.20. The number of primary amides is 1. The summed E-state index contributed by atoms with van der Waals surface area (Å²) in [6, 6.07) is 11.9. The molecule has 3 N–H and O–H groups in total. The zero-order valence-corrected chi connectivity index (χ0v) is 18.3. The van der Waals surface area contributed by atoms with E-state index < -0.39 is 28.4 Å². The second kappa shape index (κ2) is 9.79. The maximum Gasteiger partial charge on any atom is 0.254 e. The van der Waals surface area contributed by atoms with Crippen LogP contribution in [0.5, 0.6) is 0 Å². The van der Waals surface area contributed by atoms with Crippen LogP contribution in [0.2, 0.25) is 0 Å². The molecule has 0 aliphatic carbocycles. The van der Waals surface area contributed by atoms with Gasteiger partial charge in [-0.1, -0.05) is 0 Å². The van der Waals surface area contributed by atoms with E-state index >= 15 is 0 Å². The minimum absolute atomic E-state index is 0.164. The van der Waals surface area contributed by atoms with Crippen molar-refractivity contribution in [1.82, 2.24) is 4.90 Å². The highest BCUT2D eigenvalue weighted by atomic mass is 32.2. The minimum Gasteiger partial charge on any atom is -0.378 e. The summed E-state index contributed by atoms with van der Waals surface area (Å²) in [6.45, 7) is 1.48. The summed E-state index contributed by atoms with van der Waals surface area (Å²) in [5, 5.41) is 2.58. The van der Waals surface area contributed by atoms with E-state index in [1.165, 1.54) is 48.5 Å². The largest absolute Gasteiger partial charge is 0.378 e. The number of ether oxygens (including phenoxy) is 1. The standard InChI is InChI=1S/C21H24N4O6S/c1-32(29,30)25(14-19(26)23-17-6-2-15(3-7-17)20(22)27)18-8-4-16(5-9-18)21(28)24-10-12-31-13-11-24/h2-9H,10-14H2,1H3,(H2,22,27)(H,23,26). The Hall–Kier alpha value is -3.44. The van der Waals surface area contributed by atoms with Gasteiger partial charge >= 0.3 is 0 Å². The van der Waals surface area contributed by atoms with Crippen LogP contribution in [0.3, 0.4) is 0 Å². The normalized spacial score (nSPS) is 14.0. The van der Waals surface area contributed by atoms with Gasteiger partial charge in [0.25, 0.3) is 5.91 Å². The number of carbonyl (C=O) groups is 3. The molecule has 1 fully saturated rings. The Balaban J connectivity index is 1.71. The quantitative estimate of drug-likeness (QED) is 0.622. The average molecular weight is 461 g/mol. The van der Waals surface area contributed by atoms with E-state index in [1.807, 2.05) is 0 Å². The molecule has 1 saturated heterocycles. The van der Waals surface area contributed by atoms with Gasteiger partial charge in [-0.2, -0.15) is 0 Å². The van der Waals surface area contributed by atoms with Crippen LogP contribution < -0.4 is 15.4 Å². The summed E-state index contributed by atoms with van der Waals surface area (Å²) in [6.07, 6.45) is 0.995. The Labute approximate surface area is 186 Å². The first-order chi connectivity index (χ1) is 15.1. The lowest BCUT2D eigenvalue weighted by Crippen LogP contribution is -2.40. The molecule has 0 atom stereocenters. The van der Waals surface area contributed by atoms with Crippen LogP contribution in [0.15, 0.2) is 48.5 Å². The predicted molar refractivity (Wildman–Crippen MR) is 119 cm³/mol. The maximum absolute atomic E-state index is 12.6. The zero-order valence-electron chi connectivity index (χ0n) is 17.5. The van der Waals surface area contributed by atoms with Crippen LogP contribution in [-0.4, -0.2) is 70.1 Å². The molecule has 1 heterocycles. The third-order valence-electron chi connectivity index (χ3n) is 4.84. The first kappa shape index (κ1) is 23.2. The van der Waals surface area contributed by atoms with E-state index in [0.717, 1.165) is 10.6 Å². The number of morpholine rings is 1. The summed E-state index contributed by atoms with van der Waals surface area (Å²) in [5.74, 6) is -1.33. The van der Waals surface area contributed by atoms with Crippen molar-refractivity contribution in [1.29, 1.82) is 0 Å². The number of amides is 3. The molecule has 3 amide bonds. The van der Waals surface area contributed by atoms with Crippen LogP contribution in [-0.2, 0) is 19.6 Å². The van der Waals surface area contributed by atoms with E-state index in [9.17, 15) is 22.8 Å². The number of hydrogen-bond donors (Lipinski definition) is 2. The van der Waals surface area contributed by atoms with Gasteiger partial charge in [0.2, 0.25) is 21.8 Å². The van der Waals surface area contributed by atoms with Crippen molar-refractivity contribution in [2.75, 3.05) is 48.7 Å². The highest BCUT2D eigenvalue weighted by Gasteiger charge is 2.23. The second-order valence-electron chi connectivity index (χ2n) is 7.21. The third kappa shape index (κ3) is 5.83. The summed E-state index contributed by atoms with van der Waals surface area (Å²) in [7, 11) is -3.78. The molecule has 0 unspecified atom stereocenters. The van der Waals surface area contributed by atoms with Crippen molar-refractivity contribution in [2.45, 2.75) is 0 Å². The van der Waals surface area contributed by atoms with Crippen molar-refractivity contribution in [3.63, 3.8) is 0 Å². The molecule has 170 valence electrons. The van der Waals surface area contributed by atoms with E-state index in [2.05, 4.69) is 5.32 Å². The van der Waals surface area contributed by atoms with Gasteiger partial charge in [-0.05, 0) is 48.5 Å². The monoisotopic (exact) mass is 460 g/mol. The fraction of sp³-hybridized carbons (Fsp3) is 0.286. The molecule has 11 heteroatoms. The molecule has 2 aromatic carbocycles. The third-order valence-corrected chi connectivity index (χ3v) is 5.98. The molecular weight excluding hydrogens is 436 g/mol. The van der Waals surface area contributed by atoms with Gasteiger partial charge in [-0.25, -0.2) is 8.42 Å². The van der Waals surface area contributed by atoms with Gasteiger partial charge in [0.05, 0.1) is 25.2 Å². The van der Waals surface area contributed by atoms with Crippen LogP contribution >= 0.6 is 0 Å². The number of nitrogens with one attached hydrogen (secondary N) is 1. The predicted octanol–water partition coefficient (Wildman–Crippen LogP) is 0.663. The minimum atomic E-state index is -3.78. The number of sulfonamides is 1. The van der Waals surface area contributed by atoms with E-state index in [0.29, 0.717) is 37.6 Å². The topological polar surface area (TPSA) is 139 Å². The lowest BCUT2D eigenvalue weighted by molar-refractivity contribution is -0.114. The molecule has 0 radical (unpaired) electrons. The van der Waals surface area contributed by atoms with Gasteiger partial charge in [-0.15, -0.1) is 0 Å². The molecule has 0 bridgehead atoms. The Morgan fingerprint density at radius 2 is 1.56 bits per heavy atom. The second-order valence-corrected chi connectivity index (χ2v) is 9.12. The van der Waals surface area contributed by atoms with Crippen LogP contribution in [0, 0.1) is 0 Å². The van der Waals surface area contributed by atoms with Gasteiger partial charge in [0.15, 0.2) is 0 Å². The van der Waals surface area contributed by atoms with Crippen LogP contribution in [0.1, 0.15) is 20.7 Å². The van der Waals surface area contributed by atoms with Crippen molar-refractivity contribution in [2.24, 2.45) is 5.73 Å². The summed E-state index contributed by atoms with van der Waals surface area (Å²) in [4.78, 5) is 37.8. The Bertz CT molecular complexity index is 1090. The van der Waals surface area contributed by atoms with Crippen LogP contribution in [0.4, 0.5) is 11.4 Å². The molecule has 3 rings (SSSR count). The maximum atomic E-state index is 12.6. The number of benzene rings is 2. The van der Waals surface area contributed by atoms with E-state index in [-0.39, 0.29) is 17.2 Å². The smallest absolute Gasteiger partial charge is 0.254 e. The number of nitrogens with two attached hydrogens (primary N) is 1. The fourth-order valence-corrected chi connectivity index (χ4v) is 4.02. The molecule has 0 aromatic heterocycles. The van der Waals surface area contributed by atoms with Crippen molar-refractivity contribution in [3.8, 4) is 0 Å². The van der Waals surface area contributed by atoms with Gasteiger partial charge < -0.3 is 20.7 Å². The number of hydrogen-bond acceptors (Lipinski definition) is 6. The number of carbonyl (C=O) groups excluding carboxylic acids is 3. The molecule has 10 nitrogen and oxygen atoms in total. The zero-order chi connectivity index (χ0) is 23.3. The summed E-state index contributed by atoms with van der Waals surface area (Å²) in [5.41, 5.74) is 6.53. The Morgan fingerprint density at radius 1 is 1.00 bits per heavy atom. The lowest BCUT2D eigenvalue weighted by Gasteiger charge is -2.27. The molecule has 1 aliphatic rings. The van der Waals surface area contributed by atoms with Gasteiger partial charge in [0, 0.05) is 29.9 Å². The summed E-state index contributed by atoms with van der Waals surface area (Å²) >= 11 is 0. The molecule has 0 saturated carbocycles. The molecular formula is C21H24N4O6S. The van der Waals surface area contributed by atoms with E-state index in [1.54, 1.807) is 4.90 Å². The van der Waals surface area contributed by atoms with E-state index in [4.69, 9.17) is 10.5 Å². The SMILES string of the molecule is CS(=O)(=O)N(CC(=O)Nc1ccc(C(N)=O)cc1)c1ccc(C(=O)N2CCOCC2)cc1. The van der Waals surface area contributed by atoms with Crippen molar-refractivity contribution < 1.29 is 27.5 Å². The molecule has 2 aromatic rings.